The van der Waals surface area contributed by atoms with Crippen LogP contribution in [0.25, 0.3) is 0 Å². The monoisotopic (exact) mass is 342 g/mol. The Balaban J connectivity index is 2.30. The van der Waals surface area contributed by atoms with Gasteiger partial charge in [0.1, 0.15) is 5.75 Å². The summed E-state index contributed by atoms with van der Waals surface area (Å²) in [6, 6.07) is 12.5. The van der Waals surface area contributed by atoms with Gasteiger partial charge in [-0.3, -0.25) is 0 Å². The average Bonchev–Trinajstić information content (AvgIpc) is 2.24. The van der Waals surface area contributed by atoms with E-state index in [9.17, 15) is 5.11 Å². The summed E-state index contributed by atoms with van der Waals surface area (Å²) in [7, 11) is 0. The summed E-state index contributed by atoms with van der Waals surface area (Å²) in [4.78, 5) is 0. The Hall–Kier alpha value is -1.00. The lowest BCUT2D eigenvalue weighted by molar-refractivity contribution is 0.411. The first-order valence-corrected chi connectivity index (χ1v) is 6.16. The molecule has 2 nitrogen and oxygen atoms in total. The standard InChI is InChI=1S/C12H8Br2O2/c13-8-2-1-3-10(6-8)16-12-7-9(14)4-5-11(12)15/h1-7,15H. The van der Waals surface area contributed by atoms with E-state index >= 15 is 0 Å². The number of aromatic hydroxyl groups is 1. The van der Waals surface area contributed by atoms with Gasteiger partial charge in [0, 0.05) is 8.95 Å². The summed E-state index contributed by atoms with van der Waals surface area (Å²) < 4.78 is 7.35. The summed E-state index contributed by atoms with van der Waals surface area (Å²) in [6.07, 6.45) is 0. The molecule has 4 heteroatoms. The zero-order valence-corrected chi connectivity index (χ0v) is 11.3. The lowest BCUT2D eigenvalue weighted by atomic mass is 10.3. The van der Waals surface area contributed by atoms with Crippen LogP contribution in [0, 0.1) is 0 Å². The Morgan fingerprint density at radius 1 is 0.938 bits per heavy atom. The Bertz CT molecular complexity index is 512. The van der Waals surface area contributed by atoms with Crippen molar-refractivity contribution in [1.29, 1.82) is 0 Å². The second kappa shape index (κ2) is 4.89. The van der Waals surface area contributed by atoms with Crippen LogP contribution >= 0.6 is 31.9 Å². The second-order valence-electron chi connectivity index (χ2n) is 3.17. The predicted octanol–water partition coefficient (Wildman–Crippen LogP) is 4.71. The smallest absolute Gasteiger partial charge is 0.170 e. The lowest BCUT2D eigenvalue weighted by Gasteiger charge is -2.08. The summed E-state index contributed by atoms with van der Waals surface area (Å²) in [5.74, 6) is 1.21. The zero-order valence-electron chi connectivity index (χ0n) is 8.15. The van der Waals surface area contributed by atoms with E-state index < -0.39 is 0 Å². The molecule has 0 amide bonds. The highest BCUT2D eigenvalue weighted by molar-refractivity contribution is 9.10. The van der Waals surface area contributed by atoms with E-state index in [-0.39, 0.29) is 5.75 Å². The van der Waals surface area contributed by atoms with Crippen molar-refractivity contribution in [2.75, 3.05) is 0 Å². The Morgan fingerprint density at radius 2 is 1.69 bits per heavy atom. The molecule has 0 heterocycles. The van der Waals surface area contributed by atoms with Crippen molar-refractivity contribution in [2.45, 2.75) is 0 Å². The molecule has 0 aliphatic carbocycles. The molecular weight excluding hydrogens is 336 g/mol. The molecule has 0 spiro atoms. The van der Waals surface area contributed by atoms with Crippen molar-refractivity contribution in [3.63, 3.8) is 0 Å². The van der Waals surface area contributed by atoms with E-state index in [0.29, 0.717) is 11.5 Å². The quantitative estimate of drug-likeness (QED) is 0.855. The van der Waals surface area contributed by atoms with Gasteiger partial charge in [-0.05, 0) is 36.4 Å². The first kappa shape index (κ1) is 11.5. The van der Waals surface area contributed by atoms with Crippen molar-refractivity contribution < 1.29 is 9.84 Å². The van der Waals surface area contributed by atoms with Gasteiger partial charge in [0.2, 0.25) is 0 Å². The van der Waals surface area contributed by atoms with E-state index in [1.54, 1.807) is 18.2 Å². The largest absolute Gasteiger partial charge is 0.504 e. The zero-order chi connectivity index (χ0) is 11.5. The molecule has 82 valence electrons. The third kappa shape index (κ3) is 2.77. The van der Waals surface area contributed by atoms with Crippen LogP contribution in [-0.2, 0) is 0 Å². The van der Waals surface area contributed by atoms with E-state index in [0.717, 1.165) is 8.95 Å². The van der Waals surface area contributed by atoms with Crippen molar-refractivity contribution in [3.05, 3.63) is 51.4 Å². The second-order valence-corrected chi connectivity index (χ2v) is 5.00. The molecule has 0 saturated heterocycles. The molecule has 2 aromatic rings. The number of hydrogen-bond donors (Lipinski definition) is 1. The van der Waals surface area contributed by atoms with Crippen LogP contribution in [-0.4, -0.2) is 5.11 Å². The minimum atomic E-state index is 0.114. The first-order valence-electron chi connectivity index (χ1n) is 4.57. The van der Waals surface area contributed by atoms with Crippen LogP contribution in [0.3, 0.4) is 0 Å². The van der Waals surface area contributed by atoms with Crippen LogP contribution in [0.4, 0.5) is 0 Å². The minimum Gasteiger partial charge on any atom is -0.504 e. The van der Waals surface area contributed by atoms with Crippen molar-refractivity contribution in [3.8, 4) is 17.2 Å². The Labute approximate surface area is 110 Å². The third-order valence-electron chi connectivity index (χ3n) is 1.95. The van der Waals surface area contributed by atoms with Gasteiger partial charge in [-0.15, -0.1) is 0 Å². The number of ether oxygens (including phenoxy) is 1. The molecule has 16 heavy (non-hydrogen) atoms. The molecule has 1 N–H and O–H groups in total. The SMILES string of the molecule is Oc1ccc(Br)cc1Oc1cccc(Br)c1. The fourth-order valence-electron chi connectivity index (χ4n) is 1.23. The van der Waals surface area contributed by atoms with Gasteiger partial charge in [0.05, 0.1) is 0 Å². The maximum Gasteiger partial charge on any atom is 0.170 e. The van der Waals surface area contributed by atoms with Crippen molar-refractivity contribution >= 4 is 31.9 Å². The number of phenolic OH excluding ortho intramolecular Hbond substituents is 1. The number of benzene rings is 2. The van der Waals surface area contributed by atoms with E-state index in [1.807, 2.05) is 24.3 Å². The summed E-state index contributed by atoms with van der Waals surface area (Å²) in [6.45, 7) is 0. The van der Waals surface area contributed by atoms with Gasteiger partial charge >= 0.3 is 0 Å². The average molecular weight is 344 g/mol. The fraction of sp³-hybridized carbons (Fsp3) is 0. The number of rotatable bonds is 2. The Kier molecular flexibility index (Phi) is 3.51. The highest BCUT2D eigenvalue weighted by Crippen LogP contribution is 2.33. The molecule has 0 aromatic heterocycles. The number of hydrogen-bond acceptors (Lipinski definition) is 2. The van der Waals surface area contributed by atoms with Crippen molar-refractivity contribution in [2.24, 2.45) is 0 Å². The van der Waals surface area contributed by atoms with Crippen LogP contribution in [0.2, 0.25) is 0 Å². The fourth-order valence-corrected chi connectivity index (χ4v) is 1.95. The van der Waals surface area contributed by atoms with Gasteiger partial charge in [-0.1, -0.05) is 37.9 Å². The molecule has 2 aromatic carbocycles. The molecule has 0 bridgehead atoms. The van der Waals surface area contributed by atoms with Crippen LogP contribution in [0.1, 0.15) is 0 Å². The van der Waals surface area contributed by atoms with Crippen LogP contribution in [0.15, 0.2) is 51.4 Å². The highest BCUT2D eigenvalue weighted by Gasteiger charge is 2.04. The first-order chi connectivity index (χ1) is 7.65. The Morgan fingerprint density at radius 3 is 2.44 bits per heavy atom. The van der Waals surface area contributed by atoms with Gasteiger partial charge in [0.15, 0.2) is 11.5 Å². The molecule has 0 saturated carbocycles. The van der Waals surface area contributed by atoms with Gasteiger partial charge in [-0.25, -0.2) is 0 Å². The van der Waals surface area contributed by atoms with E-state index in [1.165, 1.54) is 0 Å². The van der Waals surface area contributed by atoms with Crippen LogP contribution < -0.4 is 4.74 Å². The highest BCUT2D eigenvalue weighted by atomic mass is 79.9. The van der Waals surface area contributed by atoms with Crippen LogP contribution in [0.5, 0.6) is 17.2 Å². The van der Waals surface area contributed by atoms with E-state index in [4.69, 9.17) is 4.74 Å². The molecule has 0 aliphatic heterocycles. The molecule has 0 radical (unpaired) electrons. The topological polar surface area (TPSA) is 29.5 Å². The summed E-state index contributed by atoms with van der Waals surface area (Å²) >= 11 is 6.68. The molecule has 0 atom stereocenters. The molecule has 0 unspecified atom stereocenters. The predicted molar refractivity (Wildman–Crippen MR) is 70.0 cm³/mol. The summed E-state index contributed by atoms with van der Waals surface area (Å²) in [5, 5.41) is 9.61. The number of halogens is 2. The molecule has 0 aliphatic rings. The van der Waals surface area contributed by atoms with Gasteiger partial charge in [-0.2, -0.15) is 0 Å². The van der Waals surface area contributed by atoms with Crippen molar-refractivity contribution in [1.82, 2.24) is 0 Å². The minimum absolute atomic E-state index is 0.114. The normalized spacial score (nSPS) is 10.1. The third-order valence-corrected chi connectivity index (χ3v) is 2.93. The number of phenols is 1. The molecular formula is C12H8Br2O2. The van der Waals surface area contributed by atoms with Gasteiger partial charge < -0.3 is 9.84 Å². The lowest BCUT2D eigenvalue weighted by Crippen LogP contribution is -1.84. The molecule has 2 rings (SSSR count). The maximum absolute atomic E-state index is 9.61. The summed E-state index contributed by atoms with van der Waals surface area (Å²) in [5.41, 5.74) is 0. The molecule has 0 fully saturated rings. The van der Waals surface area contributed by atoms with Gasteiger partial charge in [0.25, 0.3) is 0 Å². The van der Waals surface area contributed by atoms with E-state index in [2.05, 4.69) is 31.9 Å². The maximum atomic E-state index is 9.61.